The summed E-state index contributed by atoms with van der Waals surface area (Å²) < 4.78 is 24.3. The summed E-state index contributed by atoms with van der Waals surface area (Å²) in [6, 6.07) is 21.2. The number of hydrogen-bond acceptors (Lipinski definition) is 9. The molecule has 228 valence electrons. The van der Waals surface area contributed by atoms with Gasteiger partial charge in [0.15, 0.2) is 4.80 Å². The van der Waals surface area contributed by atoms with Crippen LogP contribution in [0.4, 0.5) is 0 Å². The molecule has 3 aromatic carbocycles. The molecule has 0 aliphatic carbocycles. The molecule has 0 N–H and O–H groups in total. The van der Waals surface area contributed by atoms with Crippen molar-refractivity contribution in [1.82, 2.24) is 4.57 Å². The van der Waals surface area contributed by atoms with Gasteiger partial charge in [-0.2, -0.15) is 0 Å². The van der Waals surface area contributed by atoms with Crippen LogP contribution in [0, 0.1) is 0 Å². The molecule has 6 rings (SSSR count). The van der Waals surface area contributed by atoms with Gasteiger partial charge in [0, 0.05) is 17.2 Å². The number of thiazole rings is 1. The van der Waals surface area contributed by atoms with Crippen LogP contribution in [0.15, 0.2) is 98.3 Å². The highest BCUT2D eigenvalue weighted by molar-refractivity contribution is 7.07. The standard InChI is InChI=1S/C35H30N2O7S/c1-5-42-33(39)23-13-11-22(12-14-23)26-18-16-24(44-26)19-28-32(38)37-31(29(34(40)43-6-2)20(3)36-35(37)45-28)30-25-10-8-7-9-21(25)15-17-27(30)41-4/h7-19,31H,5-6H2,1-4H3/b28-19+. The van der Waals surface area contributed by atoms with Crippen LogP contribution in [0.2, 0.25) is 0 Å². The van der Waals surface area contributed by atoms with E-state index in [4.69, 9.17) is 18.6 Å². The summed E-state index contributed by atoms with van der Waals surface area (Å²) in [5.74, 6) is 0.640. The van der Waals surface area contributed by atoms with E-state index in [0.717, 1.165) is 16.3 Å². The molecule has 1 aliphatic rings. The van der Waals surface area contributed by atoms with Crippen molar-refractivity contribution in [3.8, 4) is 17.1 Å². The fourth-order valence-corrected chi connectivity index (χ4v) is 6.53. The number of nitrogens with zero attached hydrogens (tertiary/aromatic N) is 2. The van der Waals surface area contributed by atoms with Crippen molar-refractivity contribution < 1.29 is 28.2 Å². The molecule has 0 saturated carbocycles. The molecule has 2 aromatic heterocycles. The number of carbonyl (C=O) groups is 2. The van der Waals surface area contributed by atoms with Gasteiger partial charge in [0.25, 0.3) is 5.56 Å². The minimum absolute atomic E-state index is 0.172. The van der Waals surface area contributed by atoms with Gasteiger partial charge in [-0.05, 0) is 61.9 Å². The van der Waals surface area contributed by atoms with Crippen LogP contribution in [-0.4, -0.2) is 36.8 Å². The maximum Gasteiger partial charge on any atom is 0.338 e. The highest BCUT2D eigenvalue weighted by atomic mass is 32.1. The van der Waals surface area contributed by atoms with Gasteiger partial charge >= 0.3 is 11.9 Å². The number of methoxy groups -OCH3 is 1. The molecule has 0 amide bonds. The van der Waals surface area contributed by atoms with Crippen molar-refractivity contribution in [1.29, 1.82) is 0 Å². The third-order valence-electron chi connectivity index (χ3n) is 7.52. The van der Waals surface area contributed by atoms with E-state index in [2.05, 4.69) is 4.99 Å². The average molecular weight is 623 g/mol. The van der Waals surface area contributed by atoms with E-state index in [1.807, 2.05) is 36.4 Å². The van der Waals surface area contributed by atoms with Crippen molar-refractivity contribution in [3.63, 3.8) is 0 Å². The SMILES string of the molecule is CCOC(=O)C1=C(C)N=c2s/c(=C/c3ccc(-c4ccc(C(=O)OCC)cc4)o3)c(=O)n2C1c1c(OC)ccc2ccccc12. The second-order valence-electron chi connectivity index (χ2n) is 10.2. The third-order valence-corrected chi connectivity index (χ3v) is 8.50. The van der Waals surface area contributed by atoms with E-state index >= 15 is 0 Å². The first-order chi connectivity index (χ1) is 21.8. The number of ether oxygens (including phenoxy) is 3. The number of fused-ring (bicyclic) bond motifs is 2. The first-order valence-corrected chi connectivity index (χ1v) is 15.3. The van der Waals surface area contributed by atoms with Crippen LogP contribution in [0.3, 0.4) is 0 Å². The second-order valence-corrected chi connectivity index (χ2v) is 11.2. The van der Waals surface area contributed by atoms with Crippen LogP contribution in [-0.2, 0) is 14.3 Å². The smallest absolute Gasteiger partial charge is 0.338 e. The van der Waals surface area contributed by atoms with Crippen LogP contribution < -0.4 is 19.6 Å². The number of carbonyl (C=O) groups excluding carboxylic acids is 2. The van der Waals surface area contributed by atoms with Gasteiger partial charge in [0.2, 0.25) is 0 Å². The number of furan rings is 1. The Bertz CT molecular complexity index is 2150. The van der Waals surface area contributed by atoms with Crippen molar-refractivity contribution in [3.05, 3.63) is 121 Å². The molecule has 5 aromatic rings. The Hall–Kier alpha value is -5.22. The Labute approximate surface area is 262 Å². The lowest BCUT2D eigenvalue weighted by molar-refractivity contribution is -0.139. The Morgan fingerprint density at radius 2 is 1.69 bits per heavy atom. The summed E-state index contributed by atoms with van der Waals surface area (Å²) in [7, 11) is 1.57. The van der Waals surface area contributed by atoms with Gasteiger partial charge in [-0.3, -0.25) is 9.36 Å². The normalized spacial score (nSPS) is 14.7. The van der Waals surface area contributed by atoms with Gasteiger partial charge in [-0.15, -0.1) is 0 Å². The van der Waals surface area contributed by atoms with Crippen molar-refractivity contribution in [2.24, 2.45) is 4.99 Å². The predicted octanol–water partition coefficient (Wildman–Crippen LogP) is 5.40. The van der Waals surface area contributed by atoms with E-state index < -0.39 is 12.0 Å². The molecule has 1 aliphatic heterocycles. The molecule has 0 bridgehead atoms. The highest BCUT2D eigenvalue weighted by Crippen LogP contribution is 2.40. The second kappa shape index (κ2) is 12.4. The van der Waals surface area contributed by atoms with Crippen molar-refractivity contribution in [2.75, 3.05) is 20.3 Å². The monoisotopic (exact) mass is 622 g/mol. The first kappa shape index (κ1) is 29.8. The molecular formula is C35H30N2O7S. The van der Waals surface area contributed by atoms with E-state index in [9.17, 15) is 14.4 Å². The quantitative estimate of drug-likeness (QED) is 0.213. The number of aromatic nitrogens is 1. The fourth-order valence-electron chi connectivity index (χ4n) is 5.50. The third kappa shape index (κ3) is 5.49. The van der Waals surface area contributed by atoms with Crippen molar-refractivity contribution in [2.45, 2.75) is 26.8 Å². The fraction of sp³-hybridized carbons (Fsp3) is 0.200. The topological polar surface area (TPSA) is 109 Å². The van der Waals surface area contributed by atoms with Crippen LogP contribution in [0.5, 0.6) is 5.75 Å². The minimum atomic E-state index is -0.839. The van der Waals surface area contributed by atoms with E-state index in [-0.39, 0.29) is 23.7 Å². The maximum atomic E-state index is 14.2. The Kier molecular flexibility index (Phi) is 8.23. The molecule has 10 heteroatoms. The van der Waals surface area contributed by atoms with Gasteiger partial charge < -0.3 is 18.6 Å². The van der Waals surface area contributed by atoms with Crippen LogP contribution in [0.1, 0.15) is 48.5 Å². The summed E-state index contributed by atoms with van der Waals surface area (Å²) in [6.45, 7) is 5.72. The molecule has 9 nitrogen and oxygen atoms in total. The lowest BCUT2D eigenvalue weighted by Gasteiger charge is -2.27. The molecule has 0 spiro atoms. The Morgan fingerprint density at radius 1 is 0.956 bits per heavy atom. The zero-order valence-electron chi connectivity index (χ0n) is 25.2. The molecule has 1 atom stereocenters. The summed E-state index contributed by atoms with van der Waals surface area (Å²) in [5.41, 5.74) is 2.30. The first-order valence-electron chi connectivity index (χ1n) is 14.5. The number of benzene rings is 3. The summed E-state index contributed by atoms with van der Waals surface area (Å²) >= 11 is 1.21. The molecule has 0 saturated heterocycles. The zero-order valence-corrected chi connectivity index (χ0v) is 26.0. The van der Waals surface area contributed by atoms with E-state index in [0.29, 0.717) is 50.0 Å². The zero-order chi connectivity index (χ0) is 31.7. The average Bonchev–Trinajstić information content (AvgIpc) is 3.64. The number of hydrogen-bond donors (Lipinski definition) is 0. The van der Waals surface area contributed by atoms with Crippen LogP contribution >= 0.6 is 11.3 Å². The van der Waals surface area contributed by atoms with Crippen LogP contribution in [0.25, 0.3) is 28.2 Å². The lowest BCUT2D eigenvalue weighted by Crippen LogP contribution is -2.40. The molecule has 3 heterocycles. The number of rotatable bonds is 8. The van der Waals surface area contributed by atoms with Gasteiger partial charge in [-0.25, -0.2) is 14.6 Å². The van der Waals surface area contributed by atoms with E-state index in [1.54, 1.807) is 70.4 Å². The Balaban J connectivity index is 1.48. The summed E-state index contributed by atoms with van der Waals surface area (Å²) in [5, 5.41) is 1.78. The molecule has 0 radical (unpaired) electrons. The summed E-state index contributed by atoms with van der Waals surface area (Å²) in [6.07, 6.45) is 1.67. The largest absolute Gasteiger partial charge is 0.496 e. The highest BCUT2D eigenvalue weighted by Gasteiger charge is 2.36. The molecule has 45 heavy (non-hydrogen) atoms. The minimum Gasteiger partial charge on any atom is -0.496 e. The molecule has 1 unspecified atom stereocenters. The maximum absolute atomic E-state index is 14.2. The van der Waals surface area contributed by atoms with Gasteiger partial charge in [0.1, 0.15) is 23.3 Å². The van der Waals surface area contributed by atoms with Gasteiger partial charge in [0.05, 0.1) is 41.7 Å². The Morgan fingerprint density at radius 3 is 2.42 bits per heavy atom. The molecule has 0 fully saturated rings. The predicted molar refractivity (Wildman–Crippen MR) is 171 cm³/mol. The molecular weight excluding hydrogens is 592 g/mol. The number of allylic oxidation sites excluding steroid dienone is 1. The summed E-state index contributed by atoms with van der Waals surface area (Å²) in [4.78, 5) is 44.8. The van der Waals surface area contributed by atoms with Gasteiger partial charge in [-0.1, -0.05) is 53.8 Å². The number of esters is 2. The lowest BCUT2D eigenvalue weighted by atomic mass is 9.90. The van der Waals surface area contributed by atoms with E-state index in [1.165, 1.54) is 15.9 Å². The van der Waals surface area contributed by atoms with Crippen molar-refractivity contribution >= 4 is 40.1 Å².